The molecule has 0 spiro atoms. The van der Waals surface area contributed by atoms with Gasteiger partial charge in [0.05, 0.1) is 11.0 Å². The minimum Gasteiger partial charge on any atom is -0.303 e. The molecule has 1 unspecified atom stereocenters. The summed E-state index contributed by atoms with van der Waals surface area (Å²) in [6.45, 7) is 1.82. The van der Waals surface area contributed by atoms with Gasteiger partial charge in [-0.25, -0.2) is 4.79 Å². The second-order valence-electron chi connectivity index (χ2n) is 4.68. The molecule has 0 bridgehead atoms. The molecule has 0 aliphatic rings. The Labute approximate surface area is 113 Å². The first-order chi connectivity index (χ1) is 9.27. The summed E-state index contributed by atoms with van der Waals surface area (Å²) in [4.78, 5) is 11.8. The molecule has 4 nitrogen and oxygen atoms in total. The van der Waals surface area contributed by atoms with Gasteiger partial charge in [0, 0.05) is 14.1 Å². The topological polar surface area (TPSA) is 39.0 Å². The van der Waals surface area contributed by atoms with Crippen molar-refractivity contribution in [2.45, 2.75) is 19.1 Å². The summed E-state index contributed by atoms with van der Waals surface area (Å²) in [7, 11) is 3.14. The van der Waals surface area contributed by atoms with Gasteiger partial charge in [0.2, 0.25) is 0 Å². The Kier molecular flexibility index (Phi) is 3.64. The maximum Gasteiger partial charge on any atom is 0.407 e. The van der Waals surface area contributed by atoms with Gasteiger partial charge in [-0.3, -0.25) is 9.13 Å². The lowest BCUT2D eigenvalue weighted by atomic mass is 10.1. The monoisotopic (exact) mass is 287 g/mol. The molecular formula is C13H16F3N3O. The number of hydrogen-bond donors (Lipinski definition) is 1. The second kappa shape index (κ2) is 4.97. The van der Waals surface area contributed by atoms with E-state index in [1.807, 2.05) is 0 Å². The van der Waals surface area contributed by atoms with E-state index < -0.39 is 12.2 Å². The van der Waals surface area contributed by atoms with E-state index in [4.69, 9.17) is 0 Å². The molecule has 2 aromatic rings. The van der Waals surface area contributed by atoms with Gasteiger partial charge in [0.25, 0.3) is 0 Å². The van der Waals surface area contributed by atoms with Crippen LogP contribution in [0.4, 0.5) is 13.2 Å². The molecule has 1 aromatic heterocycles. The summed E-state index contributed by atoms with van der Waals surface area (Å²) in [5.41, 5.74) is 0.943. The van der Waals surface area contributed by atoms with Gasteiger partial charge in [-0.1, -0.05) is 13.0 Å². The first kappa shape index (κ1) is 14.6. The van der Waals surface area contributed by atoms with Crippen LogP contribution in [0, 0.1) is 0 Å². The molecule has 0 saturated carbocycles. The lowest BCUT2D eigenvalue weighted by Gasteiger charge is -2.21. The first-order valence-corrected chi connectivity index (χ1v) is 6.22. The highest BCUT2D eigenvalue weighted by atomic mass is 19.4. The molecule has 0 aliphatic heterocycles. The van der Waals surface area contributed by atoms with E-state index in [1.165, 1.54) is 21.3 Å². The fraction of sp³-hybridized carbons (Fsp3) is 0.462. The zero-order valence-electron chi connectivity index (χ0n) is 11.5. The number of aromatic nitrogens is 2. The Hall–Kier alpha value is -1.76. The molecule has 0 amide bonds. The minimum atomic E-state index is -4.38. The van der Waals surface area contributed by atoms with Gasteiger partial charge < -0.3 is 5.32 Å². The Bertz CT molecular complexity index is 684. The summed E-state index contributed by atoms with van der Waals surface area (Å²) >= 11 is 0. The zero-order chi connectivity index (χ0) is 15.1. The number of fused-ring (bicyclic) bond motifs is 1. The summed E-state index contributed by atoms with van der Waals surface area (Å²) in [6.07, 6.45) is -4.38. The quantitative estimate of drug-likeness (QED) is 0.939. The number of rotatable bonds is 3. The van der Waals surface area contributed by atoms with Crippen molar-refractivity contribution in [2.75, 3.05) is 6.54 Å². The third kappa shape index (κ3) is 2.33. The van der Waals surface area contributed by atoms with E-state index in [9.17, 15) is 18.0 Å². The van der Waals surface area contributed by atoms with E-state index in [-0.39, 0.29) is 17.8 Å². The van der Waals surface area contributed by atoms with Crippen LogP contribution in [0.25, 0.3) is 11.0 Å². The molecule has 0 aliphatic carbocycles. The first-order valence-electron chi connectivity index (χ1n) is 6.22. The van der Waals surface area contributed by atoms with Crippen LogP contribution in [0.5, 0.6) is 0 Å². The maximum atomic E-state index is 13.0. The minimum absolute atomic E-state index is 0.105. The number of imidazole rings is 1. The van der Waals surface area contributed by atoms with Crippen LogP contribution >= 0.6 is 0 Å². The van der Waals surface area contributed by atoms with Gasteiger partial charge in [-0.2, -0.15) is 13.2 Å². The average Bonchev–Trinajstić information content (AvgIpc) is 2.59. The van der Waals surface area contributed by atoms with Crippen molar-refractivity contribution in [2.24, 2.45) is 14.1 Å². The van der Waals surface area contributed by atoms with Gasteiger partial charge in [-0.15, -0.1) is 0 Å². The van der Waals surface area contributed by atoms with Crippen LogP contribution in [0.1, 0.15) is 18.5 Å². The van der Waals surface area contributed by atoms with Crippen LogP contribution < -0.4 is 11.0 Å². The molecule has 0 fully saturated rings. The molecular weight excluding hydrogens is 271 g/mol. The fourth-order valence-electron chi connectivity index (χ4n) is 2.33. The van der Waals surface area contributed by atoms with Crippen LogP contribution in [0.3, 0.4) is 0 Å². The predicted molar refractivity (Wildman–Crippen MR) is 70.6 cm³/mol. The molecule has 1 heterocycles. The summed E-state index contributed by atoms with van der Waals surface area (Å²) < 4.78 is 41.9. The summed E-state index contributed by atoms with van der Waals surface area (Å²) in [5.74, 6) is 0. The number of alkyl halides is 3. The molecule has 1 atom stereocenters. The van der Waals surface area contributed by atoms with E-state index in [2.05, 4.69) is 5.32 Å². The van der Waals surface area contributed by atoms with Crippen molar-refractivity contribution in [3.8, 4) is 0 Å². The third-order valence-electron chi connectivity index (χ3n) is 3.36. The van der Waals surface area contributed by atoms with E-state index in [0.717, 1.165) is 0 Å². The van der Waals surface area contributed by atoms with Crippen LogP contribution in [-0.4, -0.2) is 21.9 Å². The molecule has 1 N–H and O–H groups in total. The van der Waals surface area contributed by atoms with Gasteiger partial charge in [0.15, 0.2) is 0 Å². The third-order valence-corrected chi connectivity index (χ3v) is 3.36. The van der Waals surface area contributed by atoms with Crippen molar-refractivity contribution >= 4 is 11.0 Å². The zero-order valence-corrected chi connectivity index (χ0v) is 11.5. The van der Waals surface area contributed by atoms with Crippen LogP contribution in [0.2, 0.25) is 0 Å². The molecule has 0 radical (unpaired) electrons. The largest absolute Gasteiger partial charge is 0.407 e. The molecule has 1 aromatic carbocycles. The number of nitrogens with zero attached hydrogens (tertiary/aromatic N) is 2. The smallest absolute Gasteiger partial charge is 0.303 e. The SMILES string of the molecule is CCNC(c1ccc2c(c1)n(C)c(=O)n2C)C(F)(F)F. The molecule has 110 valence electrons. The van der Waals surface area contributed by atoms with Crippen LogP contribution in [-0.2, 0) is 14.1 Å². The van der Waals surface area contributed by atoms with Crippen molar-refractivity contribution in [3.63, 3.8) is 0 Å². The highest BCUT2D eigenvalue weighted by Crippen LogP contribution is 2.33. The number of halogens is 3. The van der Waals surface area contributed by atoms with E-state index >= 15 is 0 Å². The lowest BCUT2D eigenvalue weighted by Crippen LogP contribution is -2.34. The Balaban J connectivity index is 2.61. The summed E-state index contributed by atoms with van der Waals surface area (Å²) in [5, 5.41) is 2.43. The molecule has 0 saturated heterocycles. The molecule has 20 heavy (non-hydrogen) atoms. The number of benzene rings is 1. The van der Waals surface area contributed by atoms with Crippen molar-refractivity contribution in [3.05, 3.63) is 34.2 Å². The Morgan fingerprint density at radius 1 is 1.20 bits per heavy atom. The Morgan fingerprint density at radius 3 is 2.35 bits per heavy atom. The molecule has 2 rings (SSSR count). The number of aryl methyl sites for hydroxylation is 2. The van der Waals surface area contributed by atoms with Crippen molar-refractivity contribution in [1.82, 2.24) is 14.5 Å². The van der Waals surface area contributed by atoms with Gasteiger partial charge >= 0.3 is 11.9 Å². The molecule has 7 heteroatoms. The van der Waals surface area contributed by atoms with E-state index in [1.54, 1.807) is 27.1 Å². The normalized spacial score (nSPS) is 13.9. The standard InChI is InChI=1S/C13H16F3N3O/c1-4-17-11(13(14,15)16)8-5-6-9-10(7-8)19(3)12(20)18(9)2/h5-7,11,17H,4H2,1-3H3. The number of hydrogen-bond acceptors (Lipinski definition) is 2. The maximum absolute atomic E-state index is 13.0. The second-order valence-corrected chi connectivity index (χ2v) is 4.68. The van der Waals surface area contributed by atoms with Crippen molar-refractivity contribution < 1.29 is 13.2 Å². The van der Waals surface area contributed by atoms with Crippen molar-refractivity contribution in [1.29, 1.82) is 0 Å². The average molecular weight is 287 g/mol. The fourth-order valence-corrected chi connectivity index (χ4v) is 2.33. The predicted octanol–water partition coefficient (Wildman–Crippen LogP) is 2.09. The lowest BCUT2D eigenvalue weighted by molar-refractivity contribution is -0.157. The van der Waals surface area contributed by atoms with Gasteiger partial charge in [-0.05, 0) is 24.2 Å². The van der Waals surface area contributed by atoms with Crippen LogP contribution in [0.15, 0.2) is 23.0 Å². The van der Waals surface area contributed by atoms with E-state index in [0.29, 0.717) is 11.0 Å². The number of nitrogens with one attached hydrogen (secondary N) is 1. The summed E-state index contributed by atoms with van der Waals surface area (Å²) in [6, 6.07) is 2.63. The highest BCUT2D eigenvalue weighted by Gasteiger charge is 2.40. The highest BCUT2D eigenvalue weighted by molar-refractivity contribution is 5.77. The Morgan fingerprint density at radius 2 is 1.80 bits per heavy atom. The van der Waals surface area contributed by atoms with Gasteiger partial charge in [0.1, 0.15) is 6.04 Å².